The second-order valence-corrected chi connectivity index (χ2v) is 10.2. The molecule has 9 heteroatoms. The number of carbonyl (C=O) groups is 1. The summed E-state index contributed by atoms with van der Waals surface area (Å²) in [6, 6.07) is 7.46. The molecule has 0 bridgehead atoms. The van der Waals surface area contributed by atoms with Crippen LogP contribution in [0.3, 0.4) is 0 Å². The third-order valence-electron chi connectivity index (χ3n) is 7.55. The number of nitrogens with zero attached hydrogens (tertiary/aromatic N) is 4. The van der Waals surface area contributed by atoms with Crippen LogP contribution in [0.1, 0.15) is 38.3 Å². The largest absolute Gasteiger partial charge is 0.454 e. The average Bonchev–Trinajstić information content (AvgIpc) is 3.25. The molecule has 2 fully saturated rings. The molecule has 6 rings (SSSR count). The molecule has 9 nitrogen and oxygen atoms in total. The number of hydrogen-bond donors (Lipinski definition) is 1. The molecular formula is C25H28N4O5. The van der Waals surface area contributed by atoms with Crippen molar-refractivity contribution in [1.29, 1.82) is 0 Å². The minimum absolute atomic E-state index is 0.155. The lowest BCUT2D eigenvalue weighted by molar-refractivity contribution is -0.141. The molecular weight excluding hydrogens is 436 g/mol. The van der Waals surface area contributed by atoms with Crippen molar-refractivity contribution in [3.05, 3.63) is 46.6 Å². The zero-order valence-corrected chi connectivity index (χ0v) is 19.4. The number of aromatic nitrogens is 3. The summed E-state index contributed by atoms with van der Waals surface area (Å²) in [6.07, 6.45) is 4.28. The molecule has 1 amide bonds. The zero-order chi connectivity index (χ0) is 23.7. The van der Waals surface area contributed by atoms with Crippen LogP contribution in [0.25, 0.3) is 16.7 Å². The van der Waals surface area contributed by atoms with Crippen molar-refractivity contribution < 1.29 is 19.4 Å². The number of hydrogen-bond acceptors (Lipinski definition) is 6. The first-order valence-corrected chi connectivity index (χ1v) is 11.8. The first-order valence-electron chi connectivity index (χ1n) is 11.8. The Hall–Kier alpha value is -3.33. The van der Waals surface area contributed by atoms with Crippen molar-refractivity contribution in [2.45, 2.75) is 51.7 Å². The summed E-state index contributed by atoms with van der Waals surface area (Å²) in [7, 11) is 0. The van der Waals surface area contributed by atoms with Gasteiger partial charge in [0.2, 0.25) is 12.7 Å². The number of likely N-dealkylation sites (tertiary alicyclic amines) is 1. The summed E-state index contributed by atoms with van der Waals surface area (Å²) in [5, 5.41) is 11.7. The topological polar surface area (TPSA) is 98.8 Å². The Morgan fingerprint density at radius 2 is 1.85 bits per heavy atom. The van der Waals surface area contributed by atoms with Crippen molar-refractivity contribution >= 4 is 16.9 Å². The second-order valence-electron chi connectivity index (χ2n) is 10.2. The number of ether oxygens (including phenoxy) is 2. The zero-order valence-electron chi connectivity index (χ0n) is 19.4. The van der Waals surface area contributed by atoms with E-state index in [-0.39, 0.29) is 30.2 Å². The number of piperidine rings is 1. The van der Waals surface area contributed by atoms with E-state index in [4.69, 9.17) is 9.47 Å². The highest BCUT2D eigenvalue weighted by atomic mass is 16.7. The highest BCUT2D eigenvalue weighted by Gasteiger charge is 2.48. The molecule has 2 aliphatic heterocycles. The SMILES string of the molecule is Cc1cc2c(=O)n(CC3(O)CCN(C(=O)C4(C)CC4)CC3)cnc2n1-c1ccc2c(c1)OCO2. The highest BCUT2D eigenvalue weighted by molar-refractivity contribution is 5.85. The van der Waals surface area contributed by atoms with Crippen LogP contribution in [-0.4, -0.2) is 55.5 Å². The summed E-state index contributed by atoms with van der Waals surface area (Å²) < 4.78 is 14.3. The summed E-state index contributed by atoms with van der Waals surface area (Å²) >= 11 is 0. The van der Waals surface area contributed by atoms with E-state index >= 15 is 0 Å². The van der Waals surface area contributed by atoms with Crippen LogP contribution in [0.5, 0.6) is 11.5 Å². The van der Waals surface area contributed by atoms with E-state index in [1.54, 1.807) is 0 Å². The van der Waals surface area contributed by atoms with Crippen LogP contribution in [0.4, 0.5) is 0 Å². The van der Waals surface area contributed by atoms with Gasteiger partial charge >= 0.3 is 0 Å². The van der Waals surface area contributed by atoms with E-state index < -0.39 is 5.60 Å². The van der Waals surface area contributed by atoms with E-state index in [2.05, 4.69) is 4.98 Å². The van der Waals surface area contributed by atoms with E-state index in [1.165, 1.54) is 10.9 Å². The fourth-order valence-corrected chi connectivity index (χ4v) is 5.09. The molecule has 3 aliphatic rings. The van der Waals surface area contributed by atoms with Crippen molar-refractivity contribution in [2.75, 3.05) is 19.9 Å². The maximum absolute atomic E-state index is 13.3. The van der Waals surface area contributed by atoms with E-state index in [0.29, 0.717) is 48.5 Å². The van der Waals surface area contributed by atoms with Gasteiger partial charge in [-0.05, 0) is 50.8 Å². The molecule has 1 N–H and O–H groups in total. The Kier molecular flexibility index (Phi) is 4.58. The predicted octanol–water partition coefficient (Wildman–Crippen LogP) is 2.38. The van der Waals surface area contributed by atoms with Gasteiger partial charge in [-0.3, -0.25) is 18.7 Å². The Bertz CT molecular complexity index is 1360. The maximum atomic E-state index is 13.3. The molecule has 2 aromatic heterocycles. The van der Waals surface area contributed by atoms with Crippen molar-refractivity contribution in [3.63, 3.8) is 0 Å². The minimum atomic E-state index is -1.05. The molecule has 0 spiro atoms. The molecule has 3 aromatic rings. The smallest absolute Gasteiger partial charge is 0.262 e. The number of amides is 1. The van der Waals surface area contributed by atoms with Gasteiger partial charge in [-0.15, -0.1) is 0 Å². The number of benzene rings is 1. The minimum Gasteiger partial charge on any atom is -0.454 e. The molecule has 1 aromatic carbocycles. The third kappa shape index (κ3) is 3.37. The van der Waals surface area contributed by atoms with E-state index in [1.807, 2.05) is 47.6 Å². The van der Waals surface area contributed by atoms with Crippen LogP contribution < -0.4 is 15.0 Å². The monoisotopic (exact) mass is 464 g/mol. The average molecular weight is 465 g/mol. The first-order chi connectivity index (χ1) is 16.3. The summed E-state index contributed by atoms with van der Waals surface area (Å²) in [5.41, 5.74) is 0.823. The quantitative estimate of drug-likeness (QED) is 0.637. The molecule has 0 atom stereocenters. The molecule has 1 aliphatic carbocycles. The Balaban J connectivity index is 1.26. The first kappa shape index (κ1) is 21.2. The van der Waals surface area contributed by atoms with Crippen LogP contribution in [0, 0.1) is 12.3 Å². The molecule has 0 unspecified atom stereocenters. The molecule has 1 saturated carbocycles. The van der Waals surface area contributed by atoms with Crippen LogP contribution in [0.15, 0.2) is 35.4 Å². The fourth-order valence-electron chi connectivity index (χ4n) is 5.09. The Labute approximate surface area is 196 Å². The highest BCUT2D eigenvalue weighted by Crippen LogP contribution is 2.47. The Morgan fingerprint density at radius 1 is 1.12 bits per heavy atom. The van der Waals surface area contributed by atoms with Gasteiger partial charge in [0.15, 0.2) is 17.1 Å². The predicted molar refractivity (Wildman–Crippen MR) is 124 cm³/mol. The third-order valence-corrected chi connectivity index (χ3v) is 7.55. The molecule has 0 radical (unpaired) electrons. The molecule has 1 saturated heterocycles. The van der Waals surface area contributed by atoms with Gasteiger partial charge in [-0.25, -0.2) is 4.98 Å². The van der Waals surface area contributed by atoms with Gasteiger partial charge < -0.3 is 19.5 Å². The lowest BCUT2D eigenvalue weighted by Gasteiger charge is -2.39. The van der Waals surface area contributed by atoms with Crippen molar-refractivity contribution in [2.24, 2.45) is 5.41 Å². The van der Waals surface area contributed by atoms with E-state index in [9.17, 15) is 14.7 Å². The van der Waals surface area contributed by atoms with Gasteiger partial charge in [-0.2, -0.15) is 0 Å². The van der Waals surface area contributed by atoms with Crippen LogP contribution >= 0.6 is 0 Å². The van der Waals surface area contributed by atoms with Gasteiger partial charge in [0.05, 0.1) is 23.2 Å². The standard InChI is InChI=1S/C25H28N4O5/c1-16-11-18-21(29(16)17-3-4-19-20(12-17)34-15-33-19)26-14-28(22(18)30)13-25(32)7-9-27(10-8-25)23(31)24(2)5-6-24/h3-4,11-12,14,32H,5-10,13,15H2,1-2H3. The van der Waals surface area contributed by atoms with E-state index in [0.717, 1.165) is 24.2 Å². The normalized spacial score (nSPS) is 20.0. The number of rotatable bonds is 4. The summed E-state index contributed by atoms with van der Waals surface area (Å²) in [6.45, 7) is 5.30. The van der Waals surface area contributed by atoms with Crippen molar-refractivity contribution in [3.8, 4) is 17.2 Å². The van der Waals surface area contributed by atoms with Crippen LogP contribution in [-0.2, 0) is 11.3 Å². The van der Waals surface area contributed by atoms with Crippen LogP contribution in [0.2, 0.25) is 0 Å². The lowest BCUT2D eigenvalue weighted by atomic mass is 9.90. The van der Waals surface area contributed by atoms with Gasteiger partial charge in [0, 0.05) is 30.3 Å². The molecule has 178 valence electrons. The maximum Gasteiger partial charge on any atom is 0.262 e. The molecule has 34 heavy (non-hydrogen) atoms. The van der Waals surface area contributed by atoms with Gasteiger partial charge in [0.1, 0.15) is 6.33 Å². The second kappa shape index (κ2) is 7.33. The van der Waals surface area contributed by atoms with Gasteiger partial charge in [-0.1, -0.05) is 6.92 Å². The number of fused-ring (bicyclic) bond motifs is 2. The molecule has 4 heterocycles. The van der Waals surface area contributed by atoms with Gasteiger partial charge in [0.25, 0.3) is 5.56 Å². The number of aryl methyl sites for hydroxylation is 1. The number of carbonyl (C=O) groups excluding carboxylic acids is 1. The summed E-state index contributed by atoms with van der Waals surface area (Å²) in [4.78, 5) is 32.4. The summed E-state index contributed by atoms with van der Waals surface area (Å²) in [5.74, 6) is 1.55. The number of aliphatic hydroxyl groups is 1. The Morgan fingerprint density at radius 3 is 2.59 bits per heavy atom. The lowest BCUT2D eigenvalue weighted by Crippen LogP contribution is -2.51. The fraction of sp³-hybridized carbons (Fsp3) is 0.480. The van der Waals surface area contributed by atoms with Crippen molar-refractivity contribution in [1.82, 2.24) is 19.0 Å².